The molecule has 0 radical (unpaired) electrons. The number of carboxylic acid groups (broad SMARTS) is 1. The average molecular weight is 503 g/mol. The highest BCUT2D eigenvalue weighted by atomic mass is 79.9. The number of urea groups is 1. The Morgan fingerprint density at radius 1 is 1.16 bits per heavy atom. The van der Waals surface area contributed by atoms with E-state index in [4.69, 9.17) is 14.6 Å². The highest BCUT2D eigenvalue weighted by Crippen LogP contribution is 2.37. The smallest absolute Gasteiger partial charge is 0.341 e. The third-order valence-corrected chi connectivity index (χ3v) is 5.34. The second-order valence-corrected chi connectivity index (χ2v) is 7.80. The third-order valence-electron chi connectivity index (χ3n) is 4.75. The number of ether oxygens (including phenoxy) is 2. The molecule has 0 aromatic heterocycles. The molecule has 0 atom stereocenters. The molecule has 0 unspecified atom stereocenters. The molecule has 0 spiro atoms. The van der Waals surface area contributed by atoms with Crippen LogP contribution in [0.25, 0.3) is 6.08 Å². The number of nitrogens with zero attached hydrogens (tertiary/aromatic N) is 1. The SMILES string of the molecule is COc1cc(/C=C2\C(=O)NC(=O)N(c3ccc(C)c(C)c3)C2=O)cc(Br)c1OCC(=O)O. The van der Waals surface area contributed by atoms with E-state index in [0.717, 1.165) is 16.0 Å². The second-order valence-electron chi connectivity index (χ2n) is 6.94. The van der Waals surface area contributed by atoms with Gasteiger partial charge in [0.25, 0.3) is 11.8 Å². The van der Waals surface area contributed by atoms with Crippen LogP contribution in [0.1, 0.15) is 16.7 Å². The summed E-state index contributed by atoms with van der Waals surface area (Å²) in [5, 5.41) is 11.0. The van der Waals surface area contributed by atoms with Crippen LogP contribution in [0.2, 0.25) is 0 Å². The third kappa shape index (κ3) is 4.65. The minimum Gasteiger partial charge on any atom is -0.493 e. The Kier molecular flexibility index (Phi) is 6.64. The summed E-state index contributed by atoms with van der Waals surface area (Å²) in [5.41, 5.74) is 2.36. The topological polar surface area (TPSA) is 122 Å². The maximum absolute atomic E-state index is 13.1. The van der Waals surface area contributed by atoms with E-state index in [1.807, 2.05) is 13.8 Å². The molecule has 1 heterocycles. The monoisotopic (exact) mass is 502 g/mol. The number of hydrogen-bond donors (Lipinski definition) is 2. The maximum Gasteiger partial charge on any atom is 0.341 e. The van der Waals surface area contributed by atoms with Crippen LogP contribution in [0.5, 0.6) is 11.5 Å². The fourth-order valence-electron chi connectivity index (χ4n) is 3.02. The number of barbiturate groups is 1. The lowest BCUT2D eigenvalue weighted by Gasteiger charge is -2.27. The van der Waals surface area contributed by atoms with Gasteiger partial charge in [0.05, 0.1) is 17.3 Å². The normalized spacial score (nSPS) is 15.1. The first-order valence-electron chi connectivity index (χ1n) is 9.33. The molecule has 32 heavy (non-hydrogen) atoms. The van der Waals surface area contributed by atoms with Crippen molar-refractivity contribution in [1.82, 2.24) is 5.32 Å². The van der Waals surface area contributed by atoms with Gasteiger partial charge in [-0.25, -0.2) is 14.5 Å². The quantitative estimate of drug-likeness (QED) is 0.459. The summed E-state index contributed by atoms with van der Waals surface area (Å²) in [5.74, 6) is -2.42. The molecule has 0 saturated carbocycles. The van der Waals surface area contributed by atoms with Gasteiger partial charge in [0.1, 0.15) is 5.57 Å². The minimum atomic E-state index is -1.16. The van der Waals surface area contributed by atoms with Crippen molar-refractivity contribution in [3.63, 3.8) is 0 Å². The number of carbonyl (C=O) groups excluding carboxylic acids is 3. The standard InChI is InChI=1S/C22H19BrN2O7/c1-11-4-5-14(6-12(11)2)25-21(29)15(20(28)24-22(25)30)7-13-8-16(23)19(17(9-13)31-3)32-10-18(26)27/h4-9H,10H2,1-3H3,(H,26,27)(H,24,28,30)/b15-7+. The van der Waals surface area contributed by atoms with Crippen LogP contribution < -0.4 is 19.7 Å². The average Bonchev–Trinajstić information content (AvgIpc) is 2.72. The summed E-state index contributed by atoms with van der Waals surface area (Å²) in [6.07, 6.45) is 1.31. The van der Waals surface area contributed by atoms with Crippen LogP contribution in [0, 0.1) is 13.8 Å². The van der Waals surface area contributed by atoms with Gasteiger partial charge >= 0.3 is 12.0 Å². The molecule has 2 N–H and O–H groups in total. The molecule has 2 aromatic carbocycles. The van der Waals surface area contributed by atoms with Gasteiger partial charge in [-0.2, -0.15) is 0 Å². The van der Waals surface area contributed by atoms with Crippen molar-refractivity contribution in [3.05, 3.63) is 57.1 Å². The summed E-state index contributed by atoms with van der Waals surface area (Å²) >= 11 is 3.28. The number of anilines is 1. The highest BCUT2D eigenvalue weighted by molar-refractivity contribution is 9.10. The highest BCUT2D eigenvalue weighted by Gasteiger charge is 2.37. The van der Waals surface area contributed by atoms with Gasteiger partial charge < -0.3 is 14.6 Å². The predicted molar refractivity (Wildman–Crippen MR) is 119 cm³/mol. The Morgan fingerprint density at radius 2 is 1.88 bits per heavy atom. The van der Waals surface area contributed by atoms with Crippen LogP contribution in [0.4, 0.5) is 10.5 Å². The molecular weight excluding hydrogens is 484 g/mol. The molecule has 1 aliphatic heterocycles. The summed E-state index contributed by atoms with van der Waals surface area (Å²) in [4.78, 5) is 49.6. The van der Waals surface area contributed by atoms with Crippen LogP contribution >= 0.6 is 15.9 Å². The van der Waals surface area contributed by atoms with Gasteiger partial charge in [-0.1, -0.05) is 6.07 Å². The zero-order chi connectivity index (χ0) is 23.6. The molecule has 166 valence electrons. The molecule has 9 nitrogen and oxygen atoms in total. The number of methoxy groups -OCH3 is 1. The van der Waals surface area contributed by atoms with Crippen molar-refractivity contribution in [2.75, 3.05) is 18.6 Å². The molecule has 1 saturated heterocycles. The number of benzene rings is 2. The predicted octanol–water partition coefficient (Wildman–Crippen LogP) is 3.20. The Labute approximate surface area is 191 Å². The fraction of sp³-hybridized carbons (Fsp3) is 0.182. The fourth-order valence-corrected chi connectivity index (χ4v) is 3.59. The van der Waals surface area contributed by atoms with E-state index in [1.54, 1.807) is 18.2 Å². The number of amides is 4. The zero-order valence-electron chi connectivity index (χ0n) is 17.4. The van der Waals surface area contributed by atoms with Gasteiger partial charge in [-0.05, 0) is 76.8 Å². The molecule has 0 aliphatic carbocycles. The number of carboxylic acids is 1. The Hall–Kier alpha value is -3.66. The maximum atomic E-state index is 13.1. The van der Waals surface area contributed by atoms with Crippen LogP contribution in [-0.4, -0.2) is 42.6 Å². The number of hydrogen-bond acceptors (Lipinski definition) is 6. The number of imide groups is 2. The lowest BCUT2D eigenvalue weighted by molar-refractivity contribution is -0.139. The van der Waals surface area contributed by atoms with E-state index >= 15 is 0 Å². The number of rotatable bonds is 6. The minimum absolute atomic E-state index is 0.156. The second kappa shape index (κ2) is 9.23. The van der Waals surface area contributed by atoms with Gasteiger partial charge in [-0.15, -0.1) is 0 Å². The van der Waals surface area contributed by atoms with E-state index in [2.05, 4.69) is 21.2 Å². The largest absolute Gasteiger partial charge is 0.493 e. The molecule has 2 aromatic rings. The van der Waals surface area contributed by atoms with Gasteiger partial charge in [0.2, 0.25) is 0 Å². The molecule has 3 rings (SSSR count). The Balaban J connectivity index is 2.01. The van der Waals surface area contributed by atoms with Crippen LogP contribution in [0.15, 0.2) is 40.4 Å². The van der Waals surface area contributed by atoms with Crippen molar-refractivity contribution in [3.8, 4) is 11.5 Å². The molecule has 1 aliphatic rings. The zero-order valence-corrected chi connectivity index (χ0v) is 19.0. The van der Waals surface area contributed by atoms with Crippen LogP contribution in [-0.2, 0) is 14.4 Å². The lowest BCUT2D eigenvalue weighted by atomic mass is 10.0. The first-order valence-corrected chi connectivity index (χ1v) is 10.1. The van der Waals surface area contributed by atoms with E-state index in [0.29, 0.717) is 15.7 Å². The van der Waals surface area contributed by atoms with Crippen LogP contribution in [0.3, 0.4) is 0 Å². The number of halogens is 1. The first kappa shape index (κ1) is 23.0. The van der Waals surface area contributed by atoms with Crippen molar-refractivity contribution in [1.29, 1.82) is 0 Å². The van der Waals surface area contributed by atoms with E-state index < -0.39 is 30.4 Å². The summed E-state index contributed by atoms with van der Waals surface area (Å²) < 4.78 is 10.8. The molecule has 0 bridgehead atoms. The number of aliphatic carboxylic acids is 1. The van der Waals surface area contributed by atoms with Gasteiger partial charge in [-0.3, -0.25) is 14.9 Å². The number of nitrogens with one attached hydrogen (secondary N) is 1. The van der Waals surface area contributed by atoms with Crippen molar-refractivity contribution < 1.29 is 33.8 Å². The van der Waals surface area contributed by atoms with E-state index in [1.165, 1.54) is 25.3 Å². The summed E-state index contributed by atoms with van der Waals surface area (Å²) in [7, 11) is 1.37. The summed E-state index contributed by atoms with van der Waals surface area (Å²) in [6.45, 7) is 3.18. The van der Waals surface area contributed by atoms with E-state index in [-0.39, 0.29) is 17.1 Å². The van der Waals surface area contributed by atoms with Gasteiger partial charge in [0, 0.05) is 0 Å². The lowest BCUT2D eigenvalue weighted by Crippen LogP contribution is -2.54. The Morgan fingerprint density at radius 3 is 2.50 bits per heavy atom. The number of carbonyl (C=O) groups is 4. The summed E-state index contributed by atoms with van der Waals surface area (Å²) in [6, 6.07) is 7.27. The van der Waals surface area contributed by atoms with Gasteiger partial charge in [0.15, 0.2) is 18.1 Å². The molecule has 1 fully saturated rings. The Bertz CT molecular complexity index is 1170. The molecule has 4 amide bonds. The first-order chi connectivity index (χ1) is 15.1. The van der Waals surface area contributed by atoms with Crippen molar-refractivity contribution in [2.24, 2.45) is 0 Å². The van der Waals surface area contributed by atoms with Crippen molar-refractivity contribution >= 4 is 51.5 Å². The van der Waals surface area contributed by atoms with E-state index in [9.17, 15) is 19.2 Å². The molecular formula is C22H19BrN2O7. The number of aryl methyl sites for hydroxylation is 2. The van der Waals surface area contributed by atoms with Crippen molar-refractivity contribution in [2.45, 2.75) is 13.8 Å². The molecule has 10 heteroatoms.